The first-order valence-corrected chi connectivity index (χ1v) is 42.0. The normalized spacial score (nSPS) is 17.5. The zero-order chi connectivity index (χ0) is 82.3. The number of morpholine rings is 3. The largest absolute Gasteiger partial charge is 1.00 e. The molecule has 5 fully saturated rings. The number of carbonyl (C=O) groups is 8. The van der Waals surface area contributed by atoms with Crippen molar-refractivity contribution >= 4 is 181 Å². The number of piperidine rings is 2. The van der Waals surface area contributed by atoms with Gasteiger partial charge in [-0.05, 0) is 174 Å². The summed E-state index contributed by atoms with van der Waals surface area (Å²) < 4.78 is 22.8. The van der Waals surface area contributed by atoms with E-state index in [2.05, 4.69) is 103 Å². The number of nitrogens with one attached hydrogen (secondary N) is 2. The number of hydrogen-bond acceptors (Lipinski definition) is 26. The van der Waals surface area contributed by atoms with Gasteiger partial charge in [0.1, 0.15) is 48.1 Å². The van der Waals surface area contributed by atoms with Gasteiger partial charge in [-0.2, -0.15) is 0 Å². The number of thioether (sulfide) groups is 1. The van der Waals surface area contributed by atoms with E-state index in [1.54, 1.807) is 39.8 Å². The van der Waals surface area contributed by atoms with Crippen molar-refractivity contribution in [2.24, 2.45) is 5.73 Å². The van der Waals surface area contributed by atoms with Crippen molar-refractivity contribution in [3.63, 3.8) is 0 Å². The van der Waals surface area contributed by atoms with E-state index in [-0.39, 0.29) is 290 Å². The predicted molar refractivity (Wildman–Crippen MR) is 456 cm³/mol. The second-order valence-corrected chi connectivity index (χ2v) is 32.7. The fourth-order valence-corrected chi connectivity index (χ4v) is 18.0. The molecule has 5 aliphatic heterocycles. The van der Waals surface area contributed by atoms with Crippen molar-refractivity contribution in [2.75, 3.05) is 101 Å². The molecular weight excluding hydrogens is 1970 g/mol. The molecule has 0 aliphatic carbocycles. The van der Waals surface area contributed by atoms with Crippen molar-refractivity contribution < 1.29 is 286 Å². The Kier molecular flexibility index (Phi) is 52.8. The smallest absolute Gasteiger partial charge is 1.00 e. The number of esters is 1. The maximum atomic E-state index is 13.5. The summed E-state index contributed by atoms with van der Waals surface area (Å²) >= 11 is 29.8. The average Bonchev–Trinajstić information content (AvgIpc) is 0.634. The SMILES string of the molecule is C.COC(=O)CC(=O)CC(N)(c1ccc(N2CCOCC2)cc1)c1cccc(Br)n1.Clc1ccccc1SSc1ccccc1Cl.O=C1CC(=O)NC(c2ccc(N3CCOCC3)cc2)(c2cccc(Br)n2)C1.O=C1CC(c2ccc(N3CCOCC3)cc2)(c2cccc(Br)n2)NC(=O)C1Sc1ccccc1Cl.O=CO[O-].O=CO[O-].[H-].[H-].[K+].[K+].[K+].[K+]. The summed E-state index contributed by atoms with van der Waals surface area (Å²) in [6.45, 7) is 8.90. The first-order valence-electron chi connectivity index (χ1n) is 35.5. The molecule has 0 radical (unpaired) electrons. The molecule has 2 amide bonds. The number of nitrogens with two attached hydrogens (primary N) is 1. The number of methoxy groups -OCH3 is 1. The molecule has 25 nitrogen and oxygen atoms in total. The van der Waals surface area contributed by atoms with E-state index in [1.807, 2.05) is 182 Å². The standard InChI is InChI=1S/C26H23BrClN3O3S.C21H24BrN3O4.C20H20BrN3O3.C12H8Cl2S2.2CH2O3.CH4.4K.2H/c27-23-7-3-6-22(29-23)26(17-8-10-18(11-9-17)31-12-14-34-15-13-31)16-20(32)24(25(33)30-26)35-21-5-2-1-4-19(21)28;1-28-20(27)13-17(26)14-21(23,18-3-2-4-19(22)24-18)15-5-7-16(8-6-15)25-9-11-29-12-10-25;21-18-3-1-2-17(22-18)20(13-16(25)12-19(26)23-20)14-4-6-15(7-5-14)24-8-10-27-11-9-24;13-9-5-1-3-7-11(9)15-16-12-8-4-2-6-10(12)14;2*2-1-4-3;;;;;;;/h1-11,24H,12-16H2,(H,30,33);2-8H,9-14,23H2,1H3;1-7H,8-13H2,(H,23,26);1-8H;2*1,3H;1H4;;;;;;/q;;;;;;;4*+1;2*-1/p-2. The van der Waals surface area contributed by atoms with Gasteiger partial charge in [0.05, 0.1) is 90.9 Å². The minimum Gasteiger partial charge on any atom is -1.00 e. The van der Waals surface area contributed by atoms with E-state index in [0.717, 1.165) is 106 Å². The molecule has 4 unspecified atom stereocenters. The zero-order valence-corrected chi connectivity index (χ0v) is 87.6. The van der Waals surface area contributed by atoms with Gasteiger partial charge in [-0.3, -0.25) is 38.4 Å². The number of Topliss-reactive ketones (excluding diaryl/α,β-unsaturated/α-hetero) is 3. The Hall–Kier alpha value is -1.80. The van der Waals surface area contributed by atoms with Crippen molar-refractivity contribution in [3.8, 4) is 0 Å². The van der Waals surface area contributed by atoms with Crippen molar-refractivity contribution in [1.29, 1.82) is 0 Å². The zero-order valence-electron chi connectivity index (χ0n) is 67.6. The molecule has 38 heteroatoms. The fourth-order valence-electron chi connectivity index (χ4n) is 12.8. The Labute approximate surface area is 922 Å². The Bertz CT molecular complexity index is 4730. The van der Waals surface area contributed by atoms with Crippen LogP contribution in [0.15, 0.2) is 229 Å². The van der Waals surface area contributed by atoms with Gasteiger partial charge in [-0.1, -0.05) is 155 Å². The number of halogens is 6. The summed E-state index contributed by atoms with van der Waals surface area (Å²) in [4.78, 5) is 121. The van der Waals surface area contributed by atoms with Crippen LogP contribution in [0.4, 0.5) is 17.1 Å². The van der Waals surface area contributed by atoms with Crippen LogP contribution >= 0.6 is 116 Å². The Balaban J connectivity index is 0.000000537. The van der Waals surface area contributed by atoms with Crippen LogP contribution in [0.1, 0.15) is 76.2 Å². The molecule has 0 bridgehead atoms. The summed E-state index contributed by atoms with van der Waals surface area (Å²) in [5, 5.41) is 24.2. The van der Waals surface area contributed by atoms with Crippen LogP contribution in [0, 0.1) is 0 Å². The van der Waals surface area contributed by atoms with Gasteiger partial charge in [0.25, 0.3) is 12.9 Å². The molecule has 8 heterocycles. The second kappa shape index (κ2) is 57.3. The molecule has 120 heavy (non-hydrogen) atoms. The number of benzene rings is 6. The van der Waals surface area contributed by atoms with Crippen LogP contribution in [0.3, 0.4) is 0 Å². The third-order valence-electron chi connectivity index (χ3n) is 18.3. The number of carbonyl (C=O) groups excluding carboxylic acids is 8. The van der Waals surface area contributed by atoms with Gasteiger partial charge in [0.15, 0.2) is 5.78 Å². The first-order chi connectivity index (χ1) is 55.5. The molecule has 5 saturated heterocycles. The molecule has 0 saturated carbocycles. The first kappa shape index (κ1) is 111. The summed E-state index contributed by atoms with van der Waals surface area (Å²) in [5.41, 5.74) is 11.0. The van der Waals surface area contributed by atoms with Crippen molar-refractivity contribution in [3.05, 3.63) is 263 Å². The number of aromatic nitrogens is 3. The molecule has 9 aromatic rings. The molecule has 3 aromatic heterocycles. The quantitative estimate of drug-likeness (QED) is 0.0141. The topological polar surface area (TPSA) is 337 Å². The van der Waals surface area contributed by atoms with Gasteiger partial charge < -0.3 is 73.2 Å². The number of hydrogen-bond donors (Lipinski definition) is 3. The number of anilines is 3. The number of rotatable bonds is 20. The molecule has 0 spiro atoms. The van der Waals surface area contributed by atoms with Gasteiger partial charge >= 0.3 is 212 Å². The maximum Gasteiger partial charge on any atom is 1.00 e. The Morgan fingerprint density at radius 3 is 1.29 bits per heavy atom. The minimum atomic E-state index is -1.17. The average molecular weight is 2050 g/mol. The van der Waals surface area contributed by atoms with Crippen LogP contribution in [0.25, 0.3) is 0 Å². The summed E-state index contributed by atoms with van der Waals surface area (Å²) in [6.07, 6.45) is -0.195. The van der Waals surface area contributed by atoms with E-state index in [4.69, 9.17) is 74.9 Å². The number of ketones is 3. The predicted octanol–water partition coefficient (Wildman–Crippen LogP) is 1.18. The van der Waals surface area contributed by atoms with E-state index < -0.39 is 27.8 Å². The monoisotopic (exact) mass is 2040 g/mol. The molecular formula is C82H83Br3Cl3K4N9O16S3. The van der Waals surface area contributed by atoms with Crippen LogP contribution in [0.5, 0.6) is 0 Å². The minimum absolute atomic E-state index is 0. The molecule has 6 aromatic carbocycles. The number of nitrogens with zero attached hydrogens (tertiary/aromatic N) is 6. The number of ether oxygens (including phenoxy) is 4. The van der Waals surface area contributed by atoms with Crippen molar-refractivity contribution in [2.45, 2.75) is 76.1 Å². The molecule has 4 N–H and O–H groups in total. The van der Waals surface area contributed by atoms with Crippen LogP contribution in [-0.4, -0.2) is 154 Å². The number of amides is 2. The molecule has 5 aliphatic rings. The number of pyridine rings is 3. The van der Waals surface area contributed by atoms with E-state index >= 15 is 0 Å². The molecule has 616 valence electrons. The van der Waals surface area contributed by atoms with Gasteiger partial charge in [0.2, 0.25) is 11.8 Å². The third kappa shape index (κ3) is 32.7. The molecule has 14 rings (SSSR count). The third-order valence-corrected chi connectivity index (χ3v) is 24.7. The van der Waals surface area contributed by atoms with E-state index in [1.165, 1.54) is 18.9 Å². The van der Waals surface area contributed by atoms with Gasteiger partial charge in [0, 0.05) is 90.3 Å². The van der Waals surface area contributed by atoms with Crippen molar-refractivity contribution in [1.82, 2.24) is 25.6 Å². The van der Waals surface area contributed by atoms with Crippen LogP contribution in [-0.2, 0) is 83.7 Å². The van der Waals surface area contributed by atoms with E-state index in [0.29, 0.717) is 67.2 Å². The van der Waals surface area contributed by atoms with Gasteiger partial charge in [-0.25, -0.2) is 15.0 Å². The van der Waals surface area contributed by atoms with Crippen LogP contribution in [0.2, 0.25) is 15.1 Å². The van der Waals surface area contributed by atoms with Crippen LogP contribution < -0.4 is 247 Å². The fraction of sp³-hybridized carbons (Fsp3) is 0.280. The molecule has 4 atom stereocenters. The summed E-state index contributed by atoms with van der Waals surface area (Å²) in [6, 6.07) is 63.1. The Morgan fingerprint density at radius 2 is 0.925 bits per heavy atom. The van der Waals surface area contributed by atoms with Gasteiger partial charge in [-0.15, -0.1) is 11.8 Å². The summed E-state index contributed by atoms with van der Waals surface area (Å²) in [7, 11) is 4.48. The van der Waals surface area contributed by atoms with E-state index in [9.17, 15) is 28.8 Å². The maximum absolute atomic E-state index is 13.5. The Morgan fingerprint density at radius 1 is 0.550 bits per heavy atom. The second-order valence-electron chi connectivity index (χ2n) is 25.6. The summed E-state index contributed by atoms with van der Waals surface area (Å²) in [5.74, 6) is -1.77.